The molecule has 0 aromatic heterocycles. The van der Waals surface area contributed by atoms with Gasteiger partial charge in [-0.05, 0) is 37.1 Å². The second-order valence-electron chi connectivity index (χ2n) is 7.43. The molecule has 5 nitrogen and oxygen atoms in total. The minimum absolute atomic E-state index is 0.192. The smallest absolute Gasteiger partial charge is 0.305 e. The average Bonchev–Trinajstić information content (AvgIpc) is 2.74. The van der Waals surface area contributed by atoms with Crippen LogP contribution in [0, 0.1) is 0 Å². The molecule has 0 bridgehead atoms. The first-order valence-electron chi connectivity index (χ1n) is 11.3. The molecule has 0 heterocycles. The SMILES string of the molecule is CCCCCCCCCCCOC(=O)CCCC(=O)OCCOc1ccc(Br)cc1. The zero-order chi connectivity index (χ0) is 21.9. The van der Waals surface area contributed by atoms with Crippen LogP contribution in [0.15, 0.2) is 28.7 Å². The van der Waals surface area contributed by atoms with Gasteiger partial charge in [-0.25, -0.2) is 0 Å². The number of benzene rings is 1. The molecule has 0 aliphatic rings. The summed E-state index contributed by atoms with van der Waals surface area (Å²) < 4.78 is 16.8. The molecule has 170 valence electrons. The molecule has 0 amide bonds. The maximum atomic E-state index is 11.7. The summed E-state index contributed by atoms with van der Waals surface area (Å²) in [7, 11) is 0. The van der Waals surface area contributed by atoms with Crippen molar-refractivity contribution in [2.24, 2.45) is 0 Å². The van der Waals surface area contributed by atoms with Crippen molar-refractivity contribution < 1.29 is 23.8 Å². The van der Waals surface area contributed by atoms with Crippen LogP contribution in [0.1, 0.15) is 84.0 Å². The van der Waals surface area contributed by atoms with Crippen LogP contribution in [0.25, 0.3) is 0 Å². The Hall–Kier alpha value is -1.56. The Labute approximate surface area is 190 Å². The predicted molar refractivity (Wildman–Crippen MR) is 123 cm³/mol. The number of esters is 2. The Morgan fingerprint density at radius 3 is 1.83 bits per heavy atom. The van der Waals surface area contributed by atoms with E-state index < -0.39 is 0 Å². The van der Waals surface area contributed by atoms with Gasteiger partial charge < -0.3 is 14.2 Å². The van der Waals surface area contributed by atoms with Gasteiger partial charge in [0.2, 0.25) is 0 Å². The standard InChI is InChI=1S/C24H37BrO5/c1-2-3-4-5-6-7-8-9-10-18-29-23(26)12-11-13-24(27)30-20-19-28-22-16-14-21(25)15-17-22/h14-17H,2-13,18-20H2,1H3. The number of hydrogen-bond donors (Lipinski definition) is 0. The van der Waals surface area contributed by atoms with E-state index in [2.05, 4.69) is 22.9 Å². The van der Waals surface area contributed by atoms with Gasteiger partial charge in [-0.3, -0.25) is 9.59 Å². The van der Waals surface area contributed by atoms with Gasteiger partial charge in [0, 0.05) is 17.3 Å². The van der Waals surface area contributed by atoms with Crippen LogP contribution in [0.5, 0.6) is 5.75 Å². The van der Waals surface area contributed by atoms with Gasteiger partial charge in [0.15, 0.2) is 0 Å². The van der Waals surface area contributed by atoms with E-state index in [1.54, 1.807) is 0 Å². The first-order valence-corrected chi connectivity index (χ1v) is 12.1. The number of carbonyl (C=O) groups excluding carboxylic acids is 2. The largest absolute Gasteiger partial charge is 0.490 e. The second kappa shape index (κ2) is 18.2. The average molecular weight is 485 g/mol. The first-order chi connectivity index (χ1) is 14.6. The lowest BCUT2D eigenvalue weighted by Gasteiger charge is -2.08. The molecule has 0 spiro atoms. The first kappa shape index (κ1) is 26.5. The molecule has 0 saturated heterocycles. The van der Waals surface area contributed by atoms with Crippen molar-refractivity contribution in [3.05, 3.63) is 28.7 Å². The highest BCUT2D eigenvalue weighted by atomic mass is 79.9. The summed E-state index contributed by atoms with van der Waals surface area (Å²) in [5.74, 6) is 0.172. The van der Waals surface area contributed by atoms with Crippen molar-refractivity contribution in [3.63, 3.8) is 0 Å². The van der Waals surface area contributed by atoms with Gasteiger partial charge in [-0.2, -0.15) is 0 Å². The number of halogens is 1. The van der Waals surface area contributed by atoms with Crippen molar-refractivity contribution in [2.45, 2.75) is 84.0 Å². The third-order valence-corrected chi connectivity index (χ3v) is 5.23. The highest BCUT2D eigenvalue weighted by Gasteiger charge is 2.07. The van der Waals surface area contributed by atoms with Gasteiger partial charge in [-0.15, -0.1) is 0 Å². The Morgan fingerprint density at radius 2 is 1.23 bits per heavy atom. The summed E-state index contributed by atoms with van der Waals surface area (Å²) in [5, 5.41) is 0. The van der Waals surface area contributed by atoms with Crippen LogP contribution >= 0.6 is 15.9 Å². The molecule has 0 unspecified atom stereocenters. The molecule has 6 heteroatoms. The number of ether oxygens (including phenoxy) is 3. The number of carbonyl (C=O) groups is 2. The molecule has 0 aliphatic heterocycles. The Bertz CT molecular complexity index is 573. The van der Waals surface area contributed by atoms with Crippen molar-refractivity contribution in [1.82, 2.24) is 0 Å². The van der Waals surface area contributed by atoms with E-state index in [4.69, 9.17) is 14.2 Å². The Kier molecular flexibility index (Phi) is 16.1. The van der Waals surface area contributed by atoms with Gasteiger partial charge in [-0.1, -0.05) is 74.2 Å². The molecule has 0 saturated carbocycles. The van der Waals surface area contributed by atoms with Crippen molar-refractivity contribution in [2.75, 3.05) is 19.8 Å². The van der Waals surface area contributed by atoms with Gasteiger partial charge in [0.05, 0.1) is 6.61 Å². The summed E-state index contributed by atoms with van der Waals surface area (Å²) in [4.78, 5) is 23.4. The highest BCUT2D eigenvalue weighted by molar-refractivity contribution is 9.10. The second-order valence-corrected chi connectivity index (χ2v) is 8.34. The van der Waals surface area contributed by atoms with E-state index in [1.165, 1.54) is 44.9 Å². The molecule has 0 radical (unpaired) electrons. The summed E-state index contributed by atoms with van der Waals surface area (Å²) in [6.45, 7) is 3.20. The molecule has 0 atom stereocenters. The fourth-order valence-electron chi connectivity index (χ4n) is 2.97. The Balaban J connectivity index is 1.88. The zero-order valence-corrected chi connectivity index (χ0v) is 19.9. The lowest BCUT2D eigenvalue weighted by atomic mass is 10.1. The summed E-state index contributed by atoms with van der Waals surface area (Å²) >= 11 is 3.36. The van der Waals surface area contributed by atoms with Crippen LogP contribution in [-0.2, 0) is 19.1 Å². The molecule has 0 N–H and O–H groups in total. The van der Waals surface area contributed by atoms with Crippen molar-refractivity contribution in [1.29, 1.82) is 0 Å². The van der Waals surface area contributed by atoms with Crippen LogP contribution in [0.2, 0.25) is 0 Å². The van der Waals surface area contributed by atoms with E-state index in [-0.39, 0.29) is 31.4 Å². The fraction of sp³-hybridized carbons (Fsp3) is 0.667. The molecule has 0 fully saturated rings. The van der Waals surface area contributed by atoms with Crippen LogP contribution in [0.4, 0.5) is 0 Å². The fourth-order valence-corrected chi connectivity index (χ4v) is 3.23. The monoisotopic (exact) mass is 484 g/mol. The highest BCUT2D eigenvalue weighted by Crippen LogP contribution is 2.16. The molecular formula is C24H37BrO5. The maximum absolute atomic E-state index is 11.7. The molecule has 1 rings (SSSR count). The van der Waals surface area contributed by atoms with Crippen LogP contribution in [0.3, 0.4) is 0 Å². The lowest BCUT2D eigenvalue weighted by molar-refractivity contribution is -0.146. The summed E-state index contributed by atoms with van der Waals surface area (Å²) in [5.41, 5.74) is 0. The van der Waals surface area contributed by atoms with Gasteiger partial charge >= 0.3 is 11.9 Å². The van der Waals surface area contributed by atoms with E-state index in [0.717, 1.165) is 23.1 Å². The molecule has 30 heavy (non-hydrogen) atoms. The predicted octanol–water partition coefficient (Wildman–Crippen LogP) is 6.62. The summed E-state index contributed by atoms with van der Waals surface area (Å²) in [6, 6.07) is 7.45. The topological polar surface area (TPSA) is 61.8 Å². The molecule has 1 aromatic rings. The van der Waals surface area contributed by atoms with Crippen LogP contribution < -0.4 is 4.74 Å². The van der Waals surface area contributed by atoms with Gasteiger partial charge in [0.1, 0.15) is 19.0 Å². The normalized spacial score (nSPS) is 10.6. The molecular weight excluding hydrogens is 448 g/mol. The number of unbranched alkanes of at least 4 members (excludes halogenated alkanes) is 8. The third-order valence-electron chi connectivity index (χ3n) is 4.70. The summed E-state index contributed by atoms with van der Waals surface area (Å²) in [6.07, 6.45) is 12.0. The number of hydrogen-bond acceptors (Lipinski definition) is 5. The minimum Gasteiger partial charge on any atom is -0.490 e. The Morgan fingerprint density at radius 1 is 0.700 bits per heavy atom. The molecule has 0 aliphatic carbocycles. The zero-order valence-electron chi connectivity index (χ0n) is 18.3. The molecule has 1 aromatic carbocycles. The van der Waals surface area contributed by atoms with E-state index >= 15 is 0 Å². The van der Waals surface area contributed by atoms with Crippen molar-refractivity contribution >= 4 is 27.9 Å². The van der Waals surface area contributed by atoms with E-state index in [0.29, 0.717) is 19.6 Å². The van der Waals surface area contributed by atoms with E-state index in [9.17, 15) is 9.59 Å². The maximum Gasteiger partial charge on any atom is 0.305 e. The van der Waals surface area contributed by atoms with Crippen LogP contribution in [-0.4, -0.2) is 31.8 Å². The lowest BCUT2D eigenvalue weighted by Crippen LogP contribution is -2.13. The quantitative estimate of drug-likeness (QED) is 0.173. The number of rotatable bonds is 18. The van der Waals surface area contributed by atoms with E-state index in [1.807, 2.05) is 24.3 Å². The third kappa shape index (κ3) is 15.3. The van der Waals surface area contributed by atoms with Crippen molar-refractivity contribution in [3.8, 4) is 5.75 Å². The minimum atomic E-state index is -0.318. The van der Waals surface area contributed by atoms with Gasteiger partial charge in [0.25, 0.3) is 0 Å².